The maximum atomic E-state index is 8.55. The average molecular weight is 257 g/mol. The fourth-order valence-electron chi connectivity index (χ4n) is 1.16. The molecule has 2 unspecified atom stereocenters. The zero-order valence-electron chi connectivity index (χ0n) is 9.36. The lowest BCUT2D eigenvalue weighted by Gasteiger charge is -2.15. The minimum absolute atomic E-state index is 0.0570. The Hall–Kier alpha value is -1.12. The molecule has 0 saturated heterocycles. The highest BCUT2D eigenvalue weighted by Gasteiger charge is 2.10. The second kappa shape index (κ2) is 5.83. The van der Waals surface area contributed by atoms with E-state index in [2.05, 4.69) is 28.5 Å². The van der Waals surface area contributed by atoms with Gasteiger partial charge in [0.05, 0.1) is 0 Å². The number of nitrogens with zero attached hydrogens (tertiary/aromatic N) is 3. The van der Waals surface area contributed by atoms with Crippen molar-refractivity contribution < 1.29 is 0 Å². The Bertz CT molecular complexity index is 435. The smallest absolute Gasteiger partial charge is 0.222 e. The molecule has 1 aromatic rings. The minimum Gasteiger partial charge on any atom is -0.292 e. The van der Waals surface area contributed by atoms with Crippen LogP contribution in [0, 0.1) is 11.5 Å². The molecule has 16 heavy (non-hydrogen) atoms. The molecular weight excluding hydrogens is 244 g/mol. The van der Waals surface area contributed by atoms with Crippen molar-refractivity contribution in [1.82, 2.24) is 15.3 Å². The fourth-order valence-corrected chi connectivity index (χ4v) is 2.53. The molecule has 86 valence electrons. The van der Waals surface area contributed by atoms with Crippen LogP contribution in [0.1, 0.15) is 24.7 Å². The van der Waals surface area contributed by atoms with Gasteiger partial charge in [-0.1, -0.05) is 0 Å². The molecule has 0 radical (unpaired) electrons. The summed E-state index contributed by atoms with van der Waals surface area (Å²) in [6.07, 6.45) is 7.46. The topological polar surface area (TPSA) is 61.6 Å². The zero-order chi connectivity index (χ0) is 12.1. The van der Waals surface area contributed by atoms with Gasteiger partial charge in [-0.25, -0.2) is 9.97 Å². The quantitative estimate of drug-likeness (QED) is 0.382. The Morgan fingerprint density at radius 3 is 2.62 bits per heavy atom. The first-order valence-electron chi connectivity index (χ1n) is 4.67. The van der Waals surface area contributed by atoms with Crippen LogP contribution < -0.4 is 5.32 Å². The van der Waals surface area contributed by atoms with Crippen LogP contribution in [0.2, 0.25) is 5.28 Å². The van der Waals surface area contributed by atoms with Crippen LogP contribution in [-0.4, -0.2) is 21.2 Å². The first-order valence-corrected chi connectivity index (χ1v) is 6.74. The molecule has 1 aromatic heterocycles. The largest absolute Gasteiger partial charge is 0.292 e. The maximum Gasteiger partial charge on any atom is 0.222 e. The van der Waals surface area contributed by atoms with Gasteiger partial charge in [0.1, 0.15) is 0 Å². The summed E-state index contributed by atoms with van der Waals surface area (Å²) >= 11 is 5.63. The Kier molecular flexibility index (Phi) is 4.71. The monoisotopic (exact) mass is 256 g/mol. The van der Waals surface area contributed by atoms with Crippen LogP contribution in [0.25, 0.3) is 0 Å². The van der Waals surface area contributed by atoms with Gasteiger partial charge >= 0.3 is 0 Å². The maximum absolute atomic E-state index is 8.55. The summed E-state index contributed by atoms with van der Waals surface area (Å²) in [5, 5.41) is 11.7. The highest BCUT2D eigenvalue weighted by atomic mass is 35.5. The van der Waals surface area contributed by atoms with Crippen molar-refractivity contribution in [2.45, 2.75) is 19.1 Å². The molecule has 0 aliphatic heterocycles. The molecule has 0 bridgehead atoms. The third kappa shape index (κ3) is 3.19. The molecule has 0 aliphatic carbocycles. The molecule has 6 heteroatoms. The van der Waals surface area contributed by atoms with Crippen LogP contribution in [0.4, 0.5) is 0 Å². The van der Waals surface area contributed by atoms with Crippen molar-refractivity contribution in [3.63, 3.8) is 0 Å². The fraction of sp³-hybridized carbons (Fsp3) is 0.400. The van der Waals surface area contributed by atoms with Gasteiger partial charge in [0.2, 0.25) is 5.28 Å². The lowest BCUT2D eigenvalue weighted by Crippen LogP contribution is -2.14. The molecule has 0 spiro atoms. The van der Waals surface area contributed by atoms with Crippen LogP contribution in [0.5, 0.6) is 0 Å². The number of aromatic nitrogens is 2. The van der Waals surface area contributed by atoms with Gasteiger partial charge in [-0.15, -0.1) is 0 Å². The van der Waals surface area contributed by atoms with E-state index >= 15 is 0 Å². The lowest BCUT2D eigenvalue weighted by molar-refractivity contribution is 1.02. The first kappa shape index (κ1) is 12.9. The van der Waals surface area contributed by atoms with E-state index in [0.29, 0.717) is 0 Å². The van der Waals surface area contributed by atoms with Gasteiger partial charge < -0.3 is 0 Å². The van der Waals surface area contributed by atoms with E-state index in [0.717, 1.165) is 10.6 Å². The molecule has 2 atom stereocenters. The summed E-state index contributed by atoms with van der Waals surface area (Å²) in [6.45, 7) is 4.00. The van der Waals surface area contributed by atoms with Gasteiger partial charge in [0.25, 0.3) is 0 Å². The number of nitriles is 1. The van der Waals surface area contributed by atoms with Crippen LogP contribution >= 0.6 is 22.1 Å². The van der Waals surface area contributed by atoms with Crippen molar-refractivity contribution >= 4 is 27.1 Å². The third-order valence-corrected chi connectivity index (χ3v) is 4.95. The van der Waals surface area contributed by atoms with E-state index in [-0.39, 0.29) is 21.0 Å². The normalized spacial score (nSPS) is 14.8. The third-order valence-electron chi connectivity index (χ3n) is 2.35. The Balaban J connectivity index is 2.94. The summed E-state index contributed by atoms with van der Waals surface area (Å²) in [4.78, 5) is 8.87. The van der Waals surface area contributed by atoms with Crippen molar-refractivity contribution in [2.24, 2.45) is 0 Å². The molecule has 0 amide bonds. The van der Waals surface area contributed by atoms with E-state index in [1.54, 1.807) is 12.4 Å². The van der Waals surface area contributed by atoms with Crippen molar-refractivity contribution in [1.29, 1.82) is 5.26 Å². The highest BCUT2D eigenvalue weighted by Crippen LogP contribution is 2.32. The number of hydrogen-bond acceptors (Lipinski definition) is 3. The van der Waals surface area contributed by atoms with E-state index in [4.69, 9.17) is 16.9 Å². The van der Waals surface area contributed by atoms with Gasteiger partial charge in [-0.2, -0.15) is 15.7 Å². The average Bonchev–Trinajstić information content (AvgIpc) is 2.28. The van der Waals surface area contributed by atoms with E-state index in [1.165, 1.54) is 0 Å². The molecule has 0 aliphatic rings. The molecule has 1 N–H and O–H groups in total. The predicted molar refractivity (Wildman–Crippen MR) is 68.4 cm³/mol. The summed E-state index contributed by atoms with van der Waals surface area (Å²) in [5.41, 5.74) is 1.02. The number of hydrogen-bond donors (Lipinski definition) is 1. The van der Waals surface area contributed by atoms with Crippen molar-refractivity contribution in [3.05, 3.63) is 23.2 Å². The number of nitrogens with one attached hydrogen (secondary N) is 1. The van der Waals surface area contributed by atoms with Gasteiger partial charge in [-0.3, -0.25) is 5.32 Å². The molecule has 0 aromatic carbocycles. The van der Waals surface area contributed by atoms with Crippen molar-refractivity contribution in [2.75, 3.05) is 6.26 Å². The van der Waals surface area contributed by atoms with Crippen LogP contribution in [0.3, 0.4) is 0 Å². The van der Waals surface area contributed by atoms with Crippen LogP contribution in [-0.2, 0) is 0 Å². The van der Waals surface area contributed by atoms with Crippen LogP contribution in [0.15, 0.2) is 12.4 Å². The molecule has 4 nitrogen and oxygen atoms in total. The predicted octanol–water partition coefficient (Wildman–Crippen LogP) is 2.31. The molecular formula is C10H13ClN4S. The second-order valence-corrected chi connectivity index (χ2v) is 6.05. The first-order chi connectivity index (χ1) is 7.56. The summed E-state index contributed by atoms with van der Waals surface area (Å²) in [7, 11) is -0.0570. The molecule has 1 heterocycles. The SMILES string of the molecule is C/C(NC#N)=S(/C)C(C)c1cnc(Cl)nc1. The van der Waals surface area contributed by atoms with Gasteiger partial charge in [0, 0.05) is 28.2 Å². The summed E-state index contributed by atoms with van der Waals surface area (Å²) in [6, 6.07) is 0. The van der Waals surface area contributed by atoms with E-state index in [9.17, 15) is 0 Å². The zero-order valence-corrected chi connectivity index (χ0v) is 10.9. The molecule has 0 saturated carbocycles. The second-order valence-electron chi connectivity index (χ2n) is 3.28. The highest BCUT2D eigenvalue weighted by molar-refractivity contribution is 8.15. The lowest BCUT2D eigenvalue weighted by atomic mass is 10.3. The molecule has 1 rings (SSSR count). The number of halogens is 1. The summed E-state index contributed by atoms with van der Waals surface area (Å²) < 4.78 is 0. The minimum atomic E-state index is -0.0570. The molecule has 0 fully saturated rings. The standard InChI is InChI=1S/C10H13ClN4S/c1-7(16(3)8(2)15-6-12)9-4-13-10(11)14-5-9/h4-5,7,15H,1-3H3. The number of rotatable bonds is 2. The Morgan fingerprint density at radius 2 is 2.12 bits per heavy atom. The Labute approximate surface area is 103 Å². The van der Waals surface area contributed by atoms with Crippen molar-refractivity contribution in [3.8, 4) is 6.19 Å². The van der Waals surface area contributed by atoms with E-state index in [1.807, 2.05) is 13.1 Å². The van der Waals surface area contributed by atoms with Gasteiger partial charge in [-0.05, 0) is 31.7 Å². The van der Waals surface area contributed by atoms with Gasteiger partial charge in [0.15, 0.2) is 6.19 Å². The Morgan fingerprint density at radius 1 is 1.56 bits per heavy atom. The van der Waals surface area contributed by atoms with E-state index < -0.39 is 0 Å². The summed E-state index contributed by atoms with van der Waals surface area (Å²) in [5.74, 6) is 0.